The number of ether oxygens (including phenoxy) is 1. The van der Waals surface area contributed by atoms with Gasteiger partial charge in [-0.3, -0.25) is 4.79 Å². The fraction of sp³-hybridized carbons (Fsp3) is 0.750. The molecule has 0 saturated carbocycles. The van der Waals surface area contributed by atoms with Gasteiger partial charge in [0.15, 0.2) is 0 Å². The first-order chi connectivity index (χ1) is 5.81. The van der Waals surface area contributed by atoms with Gasteiger partial charge in [-0.05, 0) is 0 Å². The van der Waals surface area contributed by atoms with Gasteiger partial charge in [-0.1, -0.05) is 0 Å². The Morgan fingerprint density at radius 2 is 1.67 bits per heavy atom. The van der Waals surface area contributed by atoms with E-state index in [-0.39, 0.29) is 65.7 Å². The Hall–Kier alpha value is 0.900. The number of carbonyl (C=O) groups excluding carboxylic acids is 2. The fourth-order valence-electron chi connectivity index (χ4n) is 0.602. The molecule has 0 saturated heterocycles. The maximum atomic E-state index is 10.7. The van der Waals surface area contributed by atoms with Crippen LogP contribution in [0.4, 0.5) is 0 Å². The number of carboxylic acids is 1. The number of hydrogen-bond donors (Lipinski definition) is 0. The van der Waals surface area contributed by atoms with Crippen molar-refractivity contribution in [2.75, 3.05) is 34.3 Å². The Balaban J connectivity index is -0.000000720. The average molecular weight is 237 g/mol. The Labute approximate surface area is 134 Å². The van der Waals surface area contributed by atoms with Crippen molar-refractivity contribution in [3.8, 4) is 0 Å². The number of aliphatic carboxylic acids is 1. The second-order valence-corrected chi connectivity index (χ2v) is 3.78. The number of rotatable bonds is 5. The molecule has 0 aliphatic carbocycles. The Bertz CT molecular complexity index is 203. The Kier molecular flexibility index (Phi) is 14.3. The average Bonchev–Trinajstić information content (AvgIpc) is 1.81. The van der Waals surface area contributed by atoms with Gasteiger partial charge in [-0.15, -0.1) is 0 Å². The third-order valence-corrected chi connectivity index (χ3v) is 1.31. The first kappa shape index (κ1) is 21.2. The van der Waals surface area contributed by atoms with Crippen molar-refractivity contribution in [2.45, 2.75) is 6.42 Å². The minimum atomic E-state index is -1.41. The summed E-state index contributed by atoms with van der Waals surface area (Å²) in [5, 5.41) is 9.95. The van der Waals surface area contributed by atoms with Crippen molar-refractivity contribution in [3.05, 3.63) is 0 Å². The molecule has 5 nitrogen and oxygen atoms in total. The maximum absolute atomic E-state index is 10.7. The molecule has 15 heavy (non-hydrogen) atoms. The number of hydrogen-bond acceptors (Lipinski definition) is 4. The molecule has 0 atom stereocenters. The quantitative estimate of drug-likeness (QED) is 0.222. The van der Waals surface area contributed by atoms with Crippen LogP contribution >= 0.6 is 0 Å². The molecule has 0 radical (unpaired) electrons. The van der Waals surface area contributed by atoms with Crippen LogP contribution in [0.2, 0.25) is 0 Å². The zero-order valence-electron chi connectivity index (χ0n) is 8.20. The fourth-order valence-corrected chi connectivity index (χ4v) is 0.602. The molecule has 80 valence electrons. The van der Waals surface area contributed by atoms with E-state index in [1.54, 1.807) is 0 Å². The first-order valence-corrected chi connectivity index (χ1v) is 3.97. The van der Waals surface area contributed by atoms with Gasteiger partial charge in [0.25, 0.3) is 0 Å². The zero-order valence-corrected chi connectivity index (χ0v) is 8.20. The Morgan fingerprint density at radius 3 is 2.00 bits per heavy atom. The van der Waals surface area contributed by atoms with Crippen LogP contribution in [-0.4, -0.2) is 110 Å². The van der Waals surface area contributed by atoms with E-state index in [2.05, 4.69) is 4.74 Å². The van der Waals surface area contributed by atoms with Gasteiger partial charge in [-0.2, -0.15) is 0 Å². The molecule has 0 aromatic rings. The summed E-state index contributed by atoms with van der Waals surface area (Å²) in [4.78, 5) is 20.6. The van der Waals surface area contributed by atoms with E-state index < -0.39 is 18.4 Å². The van der Waals surface area contributed by atoms with E-state index in [1.165, 1.54) is 0 Å². The first-order valence-electron chi connectivity index (χ1n) is 3.97. The van der Waals surface area contributed by atoms with Crippen molar-refractivity contribution in [2.24, 2.45) is 0 Å². The van der Waals surface area contributed by atoms with Crippen LogP contribution < -0.4 is 5.11 Å². The van der Waals surface area contributed by atoms with E-state index in [4.69, 9.17) is 0 Å². The van der Waals surface area contributed by atoms with E-state index in [0.717, 1.165) is 0 Å². The third-order valence-electron chi connectivity index (χ3n) is 1.31. The molecule has 0 heterocycles. The molecule has 0 amide bonds. The number of nitrogens with zero attached hydrogens (tertiary/aromatic N) is 1. The van der Waals surface area contributed by atoms with Gasteiger partial charge < -0.3 is 19.1 Å². The summed E-state index contributed by atoms with van der Waals surface area (Å²) in [6, 6.07) is 0. The third kappa shape index (κ3) is 17.5. The molecule has 0 aliphatic heterocycles. The predicted octanol–water partition coefficient (Wildman–Crippen LogP) is -2.92. The molecule has 7 heteroatoms. The van der Waals surface area contributed by atoms with Crippen LogP contribution in [0.15, 0.2) is 0 Å². The molecule has 0 aliphatic rings. The molecule has 0 spiro atoms. The van der Waals surface area contributed by atoms with Crippen LogP contribution in [0.25, 0.3) is 0 Å². The molecular formula is C8H17NNa2O4. The van der Waals surface area contributed by atoms with Crippen molar-refractivity contribution in [1.82, 2.24) is 0 Å². The van der Waals surface area contributed by atoms with Crippen molar-refractivity contribution < 1.29 is 23.9 Å². The van der Waals surface area contributed by atoms with E-state index in [1.807, 2.05) is 21.1 Å². The van der Waals surface area contributed by atoms with E-state index in [9.17, 15) is 14.7 Å². The topological polar surface area (TPSA) is 66.4 Å². The summed E-state index contributed by atoms with van der Waals surface area (Å²) in [6.45, 7) is 0.883. The Morgan fingerprint density at radius 1 is 1.20 bits per heavy atom. The van der Waals surface area contributed by atoms with Crippen molar-refractivity contribution in [3.63, 3.8) is 0 Å². The summed E-state index contributed by atoms with van der Waals surface area (Å²) in [5.74, 6) is -2.15. The molecular weight excluding hydrogens is 220 g/mol. The van der Waals surface area contributed by atoms with Gasteiger partial charge in [0, 0.05) is 0 Å². The van der Waals surface area contributed by atoms with E-state index >= 15 is 0 Å². The van der Waals surface area contributed by atoms with Crippen LogP contribution in [0.3, 0.4) is 0 Å². The number of carbonyl (C=O) groups is 2. The molecule has 0 aromatic carbocycles. The normalized spacial score (nSPS) is 9.53. The van der Waals surface area contributed by atoms with Crippen LogP contribution in [0.5, 0.6) is 0 Å². The van der Waals surface area contributed by atoms with Gasteiger partial charge in [0.2, 0.25) is 0 Å². The molecule has 0 N–H and O–H groups in total. The standard InChI is InChI=1S/C8H15NO4.2Na.2H/c1-9(2,3)4-5-13-8(12)6-7(10)11;;;;/h4-6H2,1-3H3;;;;. The monoisotopic (exact) mass is 237 g/mol. The minimum absolute atomic E-state index is 0. The van der Waals surface area contributed by atoms with Crippen molar-refractivity contribution >= 4 is 71.1 Å². The summed E-state index contributed by atoms with van der Waals surface area (Å²) < 4.78 is 5.32. The zero-order chi connectivity index (χ0) is 10.5. The molecule has 0 fully saturated rings. The van der Waals surface area contributed by atoms with Gasteiger partial charge in [0.1, 0.15) is 13.2 Å². The number of quaternary nitrogens is 1. The molecule has 0 aromatic heterocycles. The second kappa shape index (κ2) is 10.1. The second-order valence-electron chi connectivity index (χ2n) is 3.78. The number of likely N-dealkylation sites (N-methyl/N-ethyl adjacent to an activating group) is 1. The van der Waals surface area contributed by atoms with Crippen LogP contribution in [0.1, 0.15) is 6.42 Å². The van der Waals surface area contributed by atoms with Gasteiger partial charge in [0.05, 0.1) is 33.5 Å². The summed E-state index contributed by atoms with van der Waals surface area (Å²) in [5.41, 5.74) is 0. The van der Waals surface area contributed by atoms with Gasteiger partial charge in [-0.25, -0.2) is 0 Å². The molecule has 0 unspecified atom stereocenters. The predicted molar refractivity (Wildman–Crippen MR) is 57.8 cm³/mol. The SMILES string of the molecule is C[N+](C)(C)CCOC(=O)CC(=O)[O-].[NaH].[NaH]. The molecule has 0 rings (SSSR count). The number of esters is 1. The number of carboxylic acid groups (broad SMARTS) is 1. The summed E-state index contributed by atoms with van der Waals surface area (Å²) in [6.07, 6.45) is -0.670. The van der Waals surface area contributed by atoms with E-state index in [0.29, 0.717) is 11.0 Å². The summed E-state index contributed by atoms with van der Waals surface area (Å²) >= 11 is 0. The van der Waals surface area contributed by atoms with Crippen LogP contribution in [-0.2, 0) is 14.3 Å². The molecule has 0 bridgehead atoms. The van der Waals surface area contributed by atoms with Gasteiger partial charge >= 0.3 is 65.1 Å². The summed E-state index contributed by atoms with van der Waals surface area (Å²) in [7, 11) is 5.85. The van der Waals surface area contributed by atoms with Crippen LogP contribution in [0, 0.1) is 0 Å². The van der Waals surface area contributed by atoms with Crippen molar-refractivity contribution in [1.29, 1.82) is 0 Å².